The van der Waals surface area contributed by atoms with Gasteiger partial charge in [0.1, 0.15) is 45.8 Å². The molecule has 10 heteroatoms. The number of benzene rings is 4. The fourth-order valence-corrected chi connectivity index (χ4v) is 3.43. The monoisotopic (exact) mass is 548 g/mol. The number of hydrogen-bond donors (Lipinski definition) is 0. The summed E-state index contributed by atoms with van der Waals surface area (Å²) in [5, 5.41) is 0. The van der Waals surface area contributed by atoms with Crippen molar-refractivity contribution in [1.82, 2.24) is 0 Å². The number of aryl methyl sites for hydroxylation is 2. The smallest absolute Gasteiger partial charge is 0.429 e. The number of alkyl halides is 4. The molecule has 0 aliphatic heterocycles. The van der Waals surface area contributed by atoms with Crippen molar-refractivity contribution in [3.63, 3.8) is 0 Å². The summed E-state index contributed by atoms with van der Waals surface area (Å²) in [5.74, 6) is -3.21. The molecule has 0 amide bonds. The highest BCUT2D eigenvalue weighted by molar-refractivity contribution is 5.34. The maximum atomic E-state index is 14.5. The molecule has 0 fully saturated rings. The Kier molecular flexibility index (Phi) is 7.94. The standard InChI is InChI=1S/C29H22F6O4/c1-18-3-7-20(8-4-18)38-28(32,33)24-13-11-22(15-26(24)30)36-17-37-23-12-14-25(27(31)16-23)29(34,35)39-21-9-5-19(2)6-10-21/h3-16H,17H2,1-2H3. The Bertz CT molecular complexity index is 1310. The van der Waals surface area contributed by atoms with Crippen molar-refractivity contribution >= 4 is 0 Å². The molecule has 4 aromatic carbocycles. The highest BCUT2D eigenvalue weighted by atomic mass is 19.3. The summed E-state index contributed by atoms with van der Waals surface area (Å²) in [7, 11) is 0. The largest absolute Gasteiger partial charge is 0.457 e. The van der Waals surface area contributed by atoms with E-state index in [1.807, 2.05) is 0 Å². The minimum absolute atomic E-state index is 0.142. The van der Waals surface area contributed by atoms with Crippen LogP contribution in [0.3, 0.4) is 0 Å². The van der Waals surface area contributed by atoms with Crippen LogP contribution in [0.25, 0.3) is 0 Å². The first-order chi connectivity index (χ1) is 18.4. The van der Waals surface area contributed by atoms with Gasteiger partial charge in [-0.3, -0.25) is 0 Å². The second-order valence-electron chi connectivity index (χ2n) is 8.55. The topological polar surface area (TPSA) is 36.9 Å². The molecule has 0 saturated heterocycles. The van der Waals surface area contributed by atoms with Crippen LogP contribution in [0.2, 0.25) is 0 Å². The lowest BCUT2D eigenvalue weighted by Crippen LogP contribution is -2.23. The minimum atomic E-state index is -3.96. The molecule has 4 aromatic rings. The van der Waals surface area contributed by atoms with Gasteiger partial charge in [-0.1, -0.05) is 35.4 Å². The Labute approximate surface area is 220 Å². The van der Waals surface area contributed by atoms with Gasteiger partial charge in [0.25, 0.3) is 0 Å². The van der Waals surface area contributed by atoms with Crippen LogP contribution >= 0.6 is 0 Å². The number of ether oxygens (including phenoxy) is 4. The highest BCUT2D eigenvalue weighted by Crippen LogP contribution is 2.36. The molecule has 4 nitrogen and oxygen atoms in total. The summed E-state index contributed by atoms with van der Waals surface area (Å²) in [4.78, 5) is 0. The molecule has 0 saturated carbocycles. The maximum Gasteiger partial charge on any atom is 0.429 e. The molecule has 0 radical (unpaired) electrons. The molecule has 0 unspecified atom stereocenters. The Morgan fingerprint density at radius 2 is 0.846 bits per heavy atom. The van der Waals surface area contributed by atoms with Gasteiger partial charge in [-0.05, 0) is 62.4 Å². The third-order valence-electron chi connectivity index (χ3n) is 5.49. The van der Waals surface area contributed by atoms with Crippen molar-refractivity contribution < 1.29 is 45.3 Å². The van der Waals surface area contributed by atoms with E-state index in [-0.39, 0.29) is 23.0 Å². The first kappa shape index (κ1) is 27.7. The number of halogens is 6. The van der Waals surface area contributed by atoms with Gasteiger partial charge in [0.05, 0.1) is 0 Å². The van der Waals surface area contributed by atoms with E-state index in [1.165, 1.54) is 24.3 Å². The van der Waals surface area contributed by atoms with Crippen molar-refractivity contribution in [2.24, 2.45) is 0 Å². The minimum Gasteiger partial charge on any atom is -0.457 e. The van der Waals surface area contributed by atoms with Crippen molar-refractivity contribution in [2.75, 3.05) is 6.79 Å². The molecule has 0 heterocycles. The first-order valence-corrected chi connectivity index (χ1v) is 11.6. The van der Waals surface area contributed by atoms with Crippen molar-refractivity contribution in [3.05, 3.63) is 119 Å². The fraction of sp³-hybridized carbons (Fsp3) is 0.172. The van der Waals surface area contributed by atoms with Crippen LogP contribution < -0.4 is 18.9 Å². The van der Waals surface area contributed by atoms with Gasteiger partial charge in [-0.2, -0.15) is 17.6 Å². The Morgan fingerprint density at radius 3 is 1.18 bits per heavy atom. The van der Waals surface area contributed by atoms with Gasteiger partial charge in [-0.25, -0.2) is 8.78 Å². The van der Waals surface area contributed by atoms with Crippen molar-refractivity contribution in [1.29, 1.82) is 0 Å². The summed E-state index contributed by atoms with van der Waals surface area (Å²) in [6.45, 7) is 2.96. The Balaban J connectivity index is 1.36. The summed E-state index contributed by atoms with van der Waals surface area (Å²) < 4.78 is 106. The molecule has 0 aromatic heterocycles. The molecule has 0 bridgehead atoms. The van der Waals surface area contributed by atoms with E-state index >= 15 is 0 Å². The van der Waals surface area contributed by atoms with Gasteiger partial charge >= 0.3 is 12.2 Å². The average Bonchev–Trinajstić information content (AvgIpc) is 2.86. The highest BCUT2D eigenvalue weighted by Gasteiger charge is 2.39. The van der Waals surface area contributed by atoms with E-state index in [0.717, 1.165) is 35.4 Å². The summed E-state index contributed by atoms with van der Waals surface area (Å²) >= 11 is 0. The molecule has 39 heavy (non-hydrogen) atoms. The molecule has 0 atom stereocenters. The van der Waals surface area contributed by atoms with Crippen LogP contribution in [0.1, 0.15) is 22.3 Å². The first-order valence-electron chi connectivity index (χ1n) is 11.6. The van der Waals surface area contributed by atoms with E-state index in [0.29, 0.717) is 12.1 Å². The van der Waals surface area contributed by atoms with Crippen molar-refractivity contribution in [3.8, 4) is 23.0 Å². The second-order valence-corrected chi connectivity index (χ2v) is 8.55. The molecule has 0 N–H and O–H groups in total. The Morgan fingerprint density at radius 1 is 0.513 bits per heavy atom. The summed E-state index contributed by atoms with van der Waals surface area (Å²) in [6, 6.07) is 16.8. The van der Waals surface area contributed by atoms with Gasteiger partial charge in [0, 0.05) is 12.1 Å². The molecule has 0 aliphatic rings. The van der Waals surface area contributed by atoms with Crippen LogP contribution in [-0.4, -0.2) is 6.79 Å². The maximum absolute atomic E-state index is 14.5. The predicted molar refractivity (Wildman–Crippen MR) is 130 cm³/mol. The average molecular weight is 548 g/mol. The fourth-order valence-electron chi connectivity index (χ4n) is 3.43. The van der Waals surface area contributed by atoms with Gasteiger partial charge in [0.2, 0.25) is 6.79 Å². The zero-order valence-electron chi connectivity index (χ0n) is 20.7. The number of hydrogen-bond acceptors (Lipinski definition) is 4. The molecule has 204 valence electrons. The lowest BCUT2D eigenvalue weighted by Gasteiger charge is -2.20. The van der Waals surface area contributed by atoms with E-state index in [4.69, 9.17) is 9.47 Å². The molecule has 0 aliphatic carbocycles. The van der Waals surface area contributed by atoms with Crippen molar-refractivity contribution in [2.45, 2.75) is 26.1 Å². The molecular weight excluding hydrogens is 526 g/mol. The van der Waals surface area contributed by atoms with Crippen LogP contribution in [0.15, 0.2) is 84.9 Å². The van der Waals surface area contributed by atoms with E-state index < -0.39 is 41.8 Å². The lowest BCUT2D eigenvalue weighted by molar-refractivity contribution is -0.188. The predicted octanol–water partition coefficient (Wildman–Crippen LogP) is 8.25. The third kappa shape index (κ3) is 6.95. The van der Waals surface area contributed by atoms with Crippen LogP contribution in [-0.2, 0) is 12.2 Å². The summed E-state index contributed by atoms with van der Waals surface area (Å²) in [5.41, 5.74) is -0.348. The zero-order chi connectivity index (χ0) is 28.2. The number of rotatable bonds is 10. The summed E-state index contributed by atoms with van der Waals surface area (Å²) in [6.07, 6.45) is -7.92. The van der Waals surface area contributed by atoms with E-state index in [1.54, 1.807) is 38.1 Å². The van der Waals surface area contributed by atoms with Crippen LogP contribution in [0.4, 0.5) is 26.3 Å². The normalized spacial score (nSPS) is 11.7. The van der Waals surface area contributed by atoms with E-state index in [9.17, 15) is 26.3 Å². The van der Waals surface area contributed by atoms with Gasteiger partial charge < -0.3 is 18.9 Å². The zero-order valence-corrected chi connectivity index (χ0v) is 20.7. The van der Waals surface area contributed by atoms with Crippen LogP contribution in [0.5, 0.6) is 23.0 Å². The van der Waals surface area contributed by atoms with Crippen LogP contribution in [0, 0.1) is 25.5 Å². The lowest BCUT2D eigenvalue weighted by atomic mass is 10.2. The van der Waals surface area contributed by atoms with E-state index in [2.05, 4.69) is 9.47 Å². The van der Waals surface area contributed by atoms with Gasteiger partial charge in [0.15, 0.2) is 0 Å². The molecule has 0 spiro atoms. The SMILES string of the molecule is Cc1ccc(OC(F)(F)c2ccc(OCOc3ccc(C(F)(F)Oc4ccc(C)cc4)c(F)c3)cc2F)cc1. The third-order valence-corrected chi connectivity index (χ3v) is 5.49. The quantitative estimate of drug-likeness (QED) is 0.148. The van der Waals surface area contributed by atoms with Gasteiger partial charge in [-0.15, -0.1) is 0 Å². The molecular formula is C29H22F6O4. The molecule has 4 rings (SSSR count). The second kappa shape index (κ2) is 11.2. The Hall–Kier alpha value is -4.34.